The number of nitrogens with zero attached hydrogens (tertiary/aromatic N) is 6. The van der Waals surface area contributed by atoms with E-state index >= 15 is 0 Å². The van der Waals surface area contributed by atoms with Gasteiger partial charge in [-0.1, -0.05) is 0 Å². The summed E-state index contributed by atoms with van der Waals surface area (Å²) in [5, 5.41) is 14.1. The summed E-state index contributed by atoms with van der Waals surface area (Å²) in [5.41, 5.74) is 3.00. The molecule has 0 atom stereocenters. The minimum absolute atomic E-state index is 0.0157. The topological polar surface area (TPSA) is 191 Å². The molecule has 2 aromatic carbocycles. The molecule has 260 valence electrons. The van der Waals surface area contributed by atoms with Crippen LogP contribution in [0.2, 0.25) is 0 Å². The summed E-state index contributed by atoms with van der Waals surface area (Å²) in [6.07, 6.45) is 5.05. The lowest BCUT2D eigenvalue weighted by molar-refractivity contribution is 0.0516. The Morgan fingerprint density at radius 1 is 0.780 bits per heavy atom. The first-order valence-electron chi connectivity index (χ1n) is 14.9. The molecule has 6 rings (SSSR count). The summed E-state index contributed by atoms with van der Waals surface area (Å²) in [6.45, 7) is 7.16. The number of hydrogen-bond donors (Lipinski definition) is 3. The zero-order valence-electron chi connectivity index (χ0n) is 27.0. The fourth-order valence-electron chi connectivity index (χ4n) is 4.71. The van der Waals surface area contributed by atoms with Crippen molar-refractivity contribution < 1.29 is 40.8 Å². The molecule has 0 bridgehead atoms. The van der Waals surface area contributed by atoms with Crippen LogP contribution in [0.25, 0.3) is 11.3 Å². The fraction of sp³-hybridized carbons (Fsp3) is 0.188. The van der Waals surface area contributed by atoms with E-state index in [4.69, 9.17) is 9.47 Å². The van der Waals surface area contributed by atoms with Crippen LogP contribution in [0.1, 0.15) is 45.7 Å². The summed E-state index contributed by atoms with van der Waals surface area (Å²) < 4.78 is 71.6. The molecule has 0 amide bonds. The van der Waals surface area contributed by atoms with E-state index in [0.29, 0.717) is 34.0 Å². The molecule has 0 unspecified atom stereocenters. The Kier molecular flexibility index (Phi) is 10.3. The van der Waals surface area contributed by atoms with Crippen molar-refractivity contribution in [2.45, 2.75) is 32.6 Å². The van der Waals surface area contributed by atoms with Crippen molar-refractivity contribution in [1.82, 2.24) is 29.2 Å². The first-order valence-corrected chi connectivity index (χ1v) is 16.3. The van der Waals surface area contributed by atoms with Crippen LogP contribution >= 0.6 is 0 Å². The van der Waals surface area contributed by atoms with Crippen molar-refractivity contribution in [2.75, 3.05) is 23.8 Å². The first kappa shape index (κ1) is 35.3. The third-order valence-corrected chi connectivity index (χ3v) is 7.91. The lowest BCUT2D eigenvalue weighted by Crippen LogP contribution is -2.13. The summed E-state index contributed by atoms with van der Waals surface area (Å²) in [5.74, 6) is -1.48. The Labute approximate surface area is 283 Å². The summed E-state index contributed by atoms with van der Waals surface area (Å²) >= 11 is 0. The zero-order chi connectivity index (χ0) is 36.2. The number of benzene rings is 2. The maximum atomic E-state index is 13.4. The molecule has 15 nitrogen and oxygen atoms in total. The van der Waals surface area contributed by atoms with Crippen LogP contribution in [-0.2, 0) is 19.6 Å². The largest absolute Gasteiger partial charge is 0.462 e. The molecule has 50 heavy (non-hydrogen) atoms. The van der Waals surface area contributed by atoms with Crippen molar-refractivity contribution in [3.8, 4) is 0 Å². The molecule has 6 aromatic rings. The predicted molar refractivity (Wildman–Crippen MR) is 177 cm³/mol. The van der Waals surface area contributed by atoms with Gasteiger partial charge in [-0.2, -0.15) is 27.6 Å². The second kappa shape index (κ2) is 14.6. The van der Waals surface area contributed by atoms with Gasteiger partial charge in [0.25, 0.3) is 10.1 Å². The van der Waals surface area contributed by atoms with Gasteiger partial charge in [-0.3, -0.25) is 4.55 Å². The van der Waals surface area contributed by atoms with Crippen molar-refractivity contribution in [3.05, 3.63) is 101 Å². The van der Waals surface area contributed by atoms with Crippen LogP contribution in [0.3, 0.4) is 0 Å². The van der Waals surface area contributed by atoms with E-state index in [1.54, 1.807) is 46.0 Å². The van der Waals surface area contributed by atoms with E-state index in [2.05, 4.69) is 30.8 Å². The maximum Gasteiger partial charge on any atom is 0.343 e. The second-order valence-corrected chi connectivity index (χ2v) is 11.9. The number of esters is 2. The molecule has 0 saturated heterocycles. The van der Waals surface area contributed by atoms with Gasteiger partial charge in [0.15, 0.2) is 27.8 Å². The zero-order valence-corrected chi connectivity index (χ0v) is 27.8. The molecule has 3 N–H and O–H groups in total. The van der Waals surface area contributed by atoms with Gasteiger partial charge in [0.2, 0.25) is 0 Å². The average Bonchev–Trinajstić information content (AvgIpc) is 3.72. The molecule has 0 spiro atoms. The van der Waals surface area contributed by atoms with Gasteiger partial charge in [-0.15, -0.1) is 0 Å². The number of halogens is 2. The minimum Gasteiger partial charge on any atom is -0.462 e. The molecule has 0 fully saturated rings. The highest BCUT2D eigenvalue weighted by Gasteiger charge is 2.24. The lowest BCUT2D eigenvalue weighted by atomic mass is 10.2. The highest BCUT2D eigenvalue weighted by atomic mass is 32.2. The van der Waals surface area contributed by atoms with Crippen LogP contribution in [0, 0.1) is 25.5 Å². The number of carbonyl (C=O) groups excluding carboxylic acids is 2. The van der Waals surface area contributed by atoms with Crippen molar-refractivity contribution >= 4 is 56.4 Å². The molecular weight excluding hydrogens is 678 g/mol. The summed E-state index contributed by atoms with van der Waals surface area (Å²) in [6, 6.07) is 10.1. The van der Waals surface area contributed by atoms with Crippen molar-refractivity contribution in [2.24, 2.45) is 0 Å². The normalized spacial score (nSPS) is 11.2. The Morgan fingerprint density at radius 3 is 1.80 bits per heavy atom. The predicted octanol–water partition coefficient (Wildman–Crippen LogP) is 5.44. The second-order valence-electron chi connectivity index (χ2n) is 10.5. The van der Waals surface area contributed by atoms with E-state index < -0.39 is 32.8 Å². The number of aromatic nitrogens is 6. The number of aryl methyl sites for hydroxylation is 2. The van der Waals surface area contributed by atoms with E-state index in [0.717, 1.165) is 16.9 Å². The van der Waals surface area contributed by atoms with Gasteiger partial charge >= 0.3 is 11.9 Å². The standard InChI is InChI=1S/C16H15FN4O5S.C16H15FN4O2/c1-3-26-16(22)11-7-18-15-13(27(23,24)25)8-19-21(15)14(11)20-12-5-4-10(17)6-9(12)2;1-3-23-16(22)12-9-18-14-6-7-19-21(14)15(12)20-13-5-4-11(17)8-10(13)2/h4-8,20H,3H2,1-2H3,(H,23,24,25);4-9,20H,3H2,1-2H3. The van der Waals surface area contributed by atoms with Crippen LogP contribution in [0.15, 0.2) is 72.1 Å². The van der Waals surface area contributed by atoms with E-state index in [-0.39, 0.29) is 41.6 Å². The Balaban J connectivity index is 0.000000197. The Morgan fingerprint density at radius 2 is 1.30 bits per heavy atom. The highest BCUT2D eigenvalue weighted by molar-refractivity contribution is 7.86. The van der Waals surface area contributed by atoms with Crippen molar-refractivity contribution in [3.63, 3.8) is 0 Å². The molecule has 18 heteroatoms. The summed E-state index contributed by atoms with van der Waals surface area (Å²) in [7, 11) is -4.57. The van der Waals surface area contributed by atoms with E-state index in [1.165, 1.54) is 41.0 Å². The first-order chi connectivity index (χ1) is 23.8. The van der Waals surface area contributed by atoms with Crippen LogP contribution in [-0.4, -0.2) is 67.3 Å². The molecule has 4 heterocycles. The van der Waals surface area contributed by atoms with E-state index in [9.17, 15) is 31.3 Å². The Bertz CT molecular complexity index is 2340. The van der Waals surface area contributed by atoms with Gasteiger partial charge in [0.05, 0.1) is 25.6 Å². The van der Waals surface area contributed by atoms with E-state index in [1.807, 2.05) is 0 Å². The smallest absolute Gasteiger partial charge is 0.343 e. The number of nitrogens with one attached hydrogen (secondary N) is 2. The number of hydrogen-bond acceptors (Lipinski definition) is 12. The minimum atomic E-state index is -4.57. The molecular formula is C32H30F2N8O7S. The third kappa shape index (κ3) is 7.50. The van der Waals surface area contributed by atoms with Gasteiger partial charge in [-0.25, -0.2) is 28.3 Å². The molecule has 0 aliphatic carbocycles. The highest BCUT2D eigenvalue weighted by Crippen LogP contribution is 2.28. The van der Waals surface area contributed by atoms with Crippen LogP contribution < -0.4 is 10.6 Å². The fourth-order valence-corrected chi connectivity index (χ4v) is 5.26. The van der Waals surface area contributed by atoms with Crippen LogP contribution in [0.4, 0.5) is 31.8 Å². The molecule has 0 aliphatic heterocycles. The molecule has 0 saturated carbocycles. The Hall–Kier alpha value is -6.01. The van der Waals surface area contributed by atoms with Gasteiger partial charge < -0.3 is 20.1 Å². The van der Waals surface area contributed by atoms with Gasteiger partial charge in [-0.05, 0) is 75.2 Å². The number of fused-ring (bicyclic) bond motifs is 2. The average molecular weight is 709 g/mol. The maximum absolute atomic E-state index is 13.4. The van der Waals surface area contributed by atoms with Crippen molar-refractivity contribution in [1.29, 1.82) is 0 Å². The van der Waals surface area contributed by atoms with Crippen LogP contribution in [0.5, 0.6) is 0 Å². The molecule has 0 radical (unpaired) electrons. The third-order valence-electron chi connectivity index (χ3n) is 7.06. The van der Waals surface area contributed by atoms with Gasteiger partial charge in [0.1, 0.15) is 22.8 Å². The molecule has 0 aliphatic rings. The molecule has 4 aromatic heterocycles. The number of ether oxygens (including phenoxy) is 2. The number of anilines is 4. The monoisotopic (exact) mass is 708 g/mol. The van der Waals surface area contributed by atoms with Gasteiger partial charge in [0, 0.05) is 29.8 Å². The quantitative estimate of drug-likeness (QED) is 0.127. The number of carbonyl (C=O) groups is 2. The summed E-state index contributed by atoms with van der Waals surface area (Å²) in [4.78, 5) is 32.0. The number of rotatable bonds is 9. The lowest BCUT2D eigenvalue weighted by Gasteiger charge is -2.14. The SMILES string of the molecule is CCOC(=O)c1cnc2c(S(=O)(=O)O)cnn2c1Nc1ccc(F)cc1C.CCOC(=O)c1cnc2ccnn2c1Nc1ccc(F)cc1C.